The van der Waals surface area contributed by atoms with Crippen LogP contribution in [0, 0.1) is 0 Å². The van der Waals surface area contributed by atoms with Gasteiger partial charge in [0.15, 0.2) is 0 Å². The normalized spacial score (nSPS) is 15.5. The summed E-state index contributed by atoms with van der Waals surface area (Å²) in [4.78, 5) is 11.6. The summed E-state index contributed by atoms with van der Waals surface area (Å²) < 4.78 is 7.60. The third-order valence-electron chi connectivity index (χ3n) is 3.72. The van der Waals surface area contributed by atoms with Gasteiger partial charge in [-0.25, -0.2) is 4.98 Å². The van der Waals surface area contributed by atoms with Gasteiger partial charge in [0.05, 0.1) is 18.9 Å². The van der Waals surface area contributed by atoms with Crippen LogP contribution in [0.25, 0.3) is 17.0 Å². The molecule has 0 spiro atoms. The molecule has 0 N–H and O–H groups in total. The average molecular weight is 280 g/mol. The van der Waals surface area contributed by atoms with Crippen molar-refractivity contribution in [1.82, 2.24) is 14.4 Å². The Balaban J connectivity index is 1.92. The molecule has 5 nitrogen and oxygen atoms in total. The summed E-state index contributed by atoms with van der Waals surface area (Å²) in [5.74, 6) is 1.10. The summed E-state index contributed by atoms with van der Waals surface area (Å²) in [6, 6.07) is 12.0. The van der Waals surface area contributed by atoms with E-state index >= 15 is 0 Å². The zero-order valence-corrected chi connectivity index (χ0v) is 11.6. The van der Waals surface area contributed by atoms with E-state index in [0.717, 1.165) is 49.2 Å². The second-order valence-electron chi connectivity index (χ2n) is 5.03. The Morgan fingerprint density at radius 1 is 1.00 bits per heavy atom. The fourth-order valence-electron chi connectivity index (χ4n) is 2.73. The zero-order chi connectivity index (χ0) is 14.1. The van der Waals surface area contributed by atoms with Crippen LogP contribution in [0.1, 0.15) is 0 Å². The Morgan fingerprint density at radius 2 is 1.86 bits per heavy atom. The van der Waals surface area contributed by atoms with Crippen molar-refractivity contribution >= 4 is 11.5 Å². The molecule has 106 valence electrons. The van der Waals surface area contributed by atoms with Crippen LogP contribution in [-0.2, 0) is 4.74 Å². The molecule has 4 rings (SSSR count). The molecule has 1 saturated heterocycles. The Bertz CT molecular complexity index is 747. The first kappa shape index (κ1) is 12.3. The summed E-state index contributed by atoms with van der Waals surface area (Å²) in [5.41, 5.74) is 2.78. The molecule has 0 bridgehead atoms. The van der Waals surface area contributed by atoms with Crippen molar-refractivity contribution in [2.45, 2.75) is 0 Å². The van der Waals surface area contributed by atoms with Gasteiger partial charge in [-0.15, -0.1) is 0 Å². The van der Waals surface area contributed by atoms with E-state index in [4.69, 9.17) is 9.72 Å². The zero-order valence-electron chi connectivity index (χ0n) is 11.6. The lowest BCUT2D eigenvalue weighted by molar-refractivity contribution is 0.122. The van der Waals surface area contributed by atoms with E-state index in [1.54, 1.807) is 0 Å². The number of morpholine rings is 1. The number of ether oxygens (including phenoxy) is 1. The molecule has 21 heavy (non-hydrogen) atoms. The summed E-state index contributed by atoms with van der Waals surface area (Å²) in [6.45, 7) is 3.26. The van der Waals surface area contributed by atoms with Gasteiger partial charge in [0.1, 0.15) is 17.2 Å². The van der Waals surface area contributed by atoms with Crippen molar-refractivity contribution in [3.05, 3.63) is 48.8 Å². The summed E-state index contributed by atoms with van der Waals surface area (Å²) in [5, 5.41) is 0. The number of hydrogen-bond donors (Lipinski definition) is 0. The van der Waals surface area contributed by atoms with Gasteiger partial charge in [0, 0.05) is 25.5 Å². The molecule has 5 heteroatoms. The molecule has 1 fully saturated rings. The van der Waals surface area contributed by atoms with Crippen LogP contribution in [0.2, 0.25) is 0 Å². The molecule has 4 heterocycles. The van der Waals surface area contributed by atoms with Crippen LogP contribution >= 0.6 is 0 Å². The Labute approximate surface area is 122 Å². The second-order valence-corrected chi connectivity index (χ2v) is 5.03. The topological polar surface area (TPSA) is 42.7 Å². The molecule has 0 radical (unpaired) electrons. The van der Waals surface area contributed by atoms with Gasteiger partial charge in [0.2, 0.25) is 0 Å². The molecular weight excluding hydrogens is 264 g/mol. The van der Waals surface area contributed by atoms with Gasteiger partial charge in [-0.2, -0.15) is 0 Å². The third-order valence-corrected chi connectivity index (χ3v) is 3.72. The fourth-order valence-corrected chi connectivity index (χ4v) is 2.73. The van der Waals surface area contributed by atoms with Gasteiger partial charge in [-0.1, -0.05) is 12.1 Å². The first-order valence-corrected chi connectivity index (χ1v) is 7.15. The highest BCUT2D eigenvalue weighted by Gasteiger charge is 2.22. The molecule has 0 amide bonds. The van der Waals surface area contributed by atoms with E-state index in [9.17, 15) is 0 Å². The molecule has 1 aliphatic rings. The van der Waals surface area contributed by atoms with Crippen LogP contribution in [0.15, 0.2) is 48.8 Å². The highest BCUT2D eigenvalue weighted by molar-refractivity contribution is 5.75. The summed E-state index contributed by atoms with van der Waals surface area (Å²) in [6.07, 6.45) is 3.86. The molecule has 0 unspecified atom stereocenters. The lowest BCUT2D eigenvalue weighted by Crippen LogP contribution is -2.37. The van der Waals surface area contributed by atoms with Gasteiger partial charge < -0.3 is 9.64 Å². The highest BCUT2D eigenvalue weighted by Crippen LogP contribution is 2.30. The van der Waals surface area contributed by atoms with Crippen molar-refractivity contribution in [3.63, 3.8) is 0 Å². The van der Waals surface area contributed by atoms with Crippen LogP contribution in [0.3, 0.4) is 0 Å². The largest absolute Gasteiger partial charge is 0.378 e. The molecule has 0 aromatic carbocycles. The van der Waals surface area contributed by atoms with Crippen LogP contribution < -0.4 is 4.90 Å². The Kier molecular flexibility index (Phi) is 3.05. The van der Waals surface area contributed by atoms with Gasteiger partial charge >= 0.3 is 0 Å². The third kappa shape index (κ3) is 2.15. The number of imidazole rings is 1. The first-order valence-electron chi connectivity index (χ1n) is 7.15. The standard InChI is InChI=1S/C16H16N4O/c1-3-7-17-13(5-1)15-16(19-9-11-21-12-10-19)20-8-4-2-6-14(20)18-15/h1-8H,9-12H2. The van der Waals surface area contributed by atoms with E-state index in [1.807, 2.05) is 42.6 Å². The minimum Gasteiger partial charge on any atom is -0.378 e. The first-order chi connectivity index (χ1) is 10.4. The Hall–Kier alpha value is -2.40. The molecule has 0 atom stereocenters. The highest BCUT2D eigenvalue weighted by atomic mass is 16.5. The summed E-state index contributed by atoms with van der Waals surface area (Å²) in [7, 11) is 0. The van der Waals surface area contributed by atoms with Crippen LogP contribution in [0.5, 0.6) is 0 Å². The smallest absolute Gasteiger partial charge is 0.143 e. The van der Waals surface area contributed by atoms with Crippen LogP contribution in [-0.4, -0.2) is 40.7 Å². The van der Waals surface area contributed by atoms with Crippen LogP contribution in [0.4, 0.5) is 5.82 Å². The predicted molar refractivity (Wildman–Crippen MR) is 81.5 cm³/mol. The number of fused-ring (bicyclic) bond motifs is 1. The van der Waals surface area contributed by atoms with E-state index < -0.39 is 0 Å². The van der Waals surface area contributed by atoms with Gasteiger partial charge in [-0.05, 0) is 24.3 Å². The molecule has 0 saturated carbocycles. The van der Waals surface area contributed by atoms with Crippen molar-refractivity contribution in [3.8, 4) is 11.4 Å². The maximum atomic E-state index is 5.47. The van der Waals surface area contributed by atoms with Crippen molar-refractivity contribution in [1.29, 1.82) is 0 Å². The number of hydrogen-bond acceptors (Lipinski definition) is 4. The molecule has 0 aliphatic carbocycles. The minimum absolute atomic E-state index is 0.752. The molecule has 3 aromatic rings. The monoisotopic (exact) mass is 280 g/mol. The van der Waals surface area contributed by atoms with E-state index in [-0.39, 0.29) is 0 Å². The lowest BCUT2D eigenvalue weighted by atomic mass is 10.2. The Morgan fingerprint density at radius 3 is 2.67 bits per heavy atom. The van der Waals surface area contributed by atoms with E-state index in [2.05, 4.69) is 20.5 Å². The molecule has 1 aliphatic heterocycles. The number of anilines is 1. The molecule has 3 aromatic heterocycles. The van der Waals surface area contributed by atoms with E-state index in [0.29, 0.717) is 0 Å². The number of nitrogens with zero attached hydrogens (tertiary/aromatic N) is 4. The second kappa shape index (κ2) is 5.18. The number of pyridine rings is 2. The van der Waals surface area contributed by atoms with Crippen molar-refractivity contribution < 1.29 is 4.74 Å². The molecular formula is C16H16N4O. The minimum atomic E-state index is 0.752. The fraction of sp³-hybridized carbons (Fsp3) is 0.250. The predicted octanol–water partition coefficient (Wildman–Crippen LogP) is 2.23. The average Bonchev–Trinajstić information content (AvgIpc) is 2.96. The van der Waals surface area contributed by atoms with E-state index in [1.165, 1.54) is 0 Å². The summed E-state index contributed by atoms with van der Waals surface area (Å²) >= 11 is 0. The maximum absolute atomic E-state index is 5.47. The van der Waals surface area contributed by atoms with Crippen molar-refractivity contribution in [2.24, 2.45) is 0 Å². The lowest BCUT2D eigenvalue weighted by Gasteiger charge is -2.28. The number of aromatic nitrogens is 3. The van der Waals surface area contributed by atoms with Gasteiger partial charge in [-0.3, -0.25) is 9.38 Å². The SMILES string of the molecule is c1ccc(-c2nc3ccccn3c2N2CCOCC2)nc1. The van der Waals surface area contributed by atoms with Gasteiger partial charge in [0.25, 0.3) is 0 Å². The quantitative estimate of drug-likeness (QED) is 0.722. The number of rotatable bonds is 2. The maximum Gasteiger partial charge on any atom is 0.143 e. The van der Waals surface area contributed by atoms with Crippen molar-refractivity contribution in [2.75, 3.05) is 31.2 Å².